The van der Waals surface area contributed by atoms with E-state index in [2.05, 4.69) is 0 Å². The van der Waals surface area contributed by atoms with Crippen molar-refractivity contribution in [3.63, 3.8) is 0 Å². The molecule has 0 saturated heterocycles. The lowest BCUT2D eigenvalue weighted by Crippen LogP contribution is -2.31. The maximum absolute atomic E-state index is 12.6. The third-order valence-electron chi connectivity index (χ3n) is 3.49. The molecule has 0 saturated carbocycles. The second kappa shape index (κ2) is 7.41. The number of rotatable bonds is 7. The molecule has 0 heterocycles. The Balaban J connectivity index is 2.11. The van der Waals surface area contributed by atoms with E-state index in [1.54, 1.807) is 19.1 Å². The average molecular weight is 350 g/mol. The lowest BCUT2D eigenvalue weighted by atomic mass is 10.2. The number of hydrogen-bond donors (Lipinski definition) is 0. The summed E-state index contributed by atoms with van der Waals surface area (Å²) in [6, 6.07) is 12.9. The van der Waals surface area contributed by atoms with E-state index < -0.39 is 14.9 Å². The Labute approximate surface area is 140 Å². The van der Waals surface area contributed by atoms with Gasteiger partial charge < -0.3 is 4.74 Å². The van der Waals surface area contributed by atoms with Gasteiger partial charge >= 0.3 is 0 Å². The summed E-state index contributed by atoms with van der Waals surface area (Å²) in [6.45, 7) is 1.90. The first-order valence-electron chi connectivity index (χ1n) is 7.21. The third kappa shape index (κ3) is 4.09. The average Bonchev–Trinajstić information content (AvgIpc) is 2.55. The molecule has 0 spiro atoms. The Morgan fingerprint density at radius 1 is 1.17 bits per heavy atom. The van der Waals surface area contributed by atoms with Gasteiger partial charge in [-0.3, -0.25) is 10.1 Å². The fraction of sp³-hybridized carbons (Fsp3) is 0.250. The molecule has 0 aliphatic carbocycles. The van der Waals surface area contributed by atoms with Gasteiger partial charge in [0, 0.05) is 25.7 Å². The van der Waals surface area contributed by atoms with Crippen molar-refractivity contribution in [3.05, 3.63) is 64.2 Å². The lowest BCUT2D eigenvalue weighted by Gasteiger charge is -2.18. The molecule has 0 atom stereocenters. The molecule has 24 heavy (non-hydrogen) atoms. The number of aryl methyl sites for hydroxylation is 1. The number of para-hydroxylation sites is 1. The van der Waals surface area contributed by atoms with Crippen molar-refractivity contribution < 1.29 is 18.1 Å². The highest BCUT2D eigenvalue weighted by Gasteiger charge is 2.25. The van der Waals surface area contributed by atoms with Crippen LogP contribution in [0.25, 0.3) is 0 Å². The second-order valence-electron chi connectivity index (χ2n) is 5.19. The third-order valence-corrected chi connectivity index (χ3v) is 5.49. The lowest BCUT2D eigenvalue weighted by molar-refractivity contribution is -0.385. The molecule has 2 rings (SSSR count). The first-order valence-corrected chi connectivity index (χ1v) is 8.65. The maximum Gasteiger partial charge on any atom is 0.270 e. The number of non-ortho nitro benzene ring substituents is 1. The molecular weight excluding hydrogens is 332 g/mol. The predicted octanol–water partition coefficient (Wildman–Crippen LogP) is 2.60. The Morgan fingerprint density at radius 3 is 2.46 bits per heavy atom. The van der Waals surface area contributed by atoms with Gasteiger partial charge in [0.05, 0.1) is 9.82 Å². The number of nitro groups is 1. The van der Waals surface area contributed by atoms with Gasteiger partial charge in [-0.1, -0.05) is 24.3 Å². The first-order chi connectivity index (χ1) is 11.3. The van der Waals surface area contributed by atoms with Crippen molar-refractivity contribution >= 4 is 15.7 Å². The molecule has 2 aromatic carbocycles. The van der Waals surface area contributed by atoms with Crippen LogP contribution in [0.2, 0.25) is 0 Å². The highest BCUT2D eigenvalue weighted by molar-refractivity contribution is 7.89. The summed E-state index contributed by atoms with van der Waals surface area (Å²) >= 11 is 0. The molecule has 128 valence electrons. The molecule has 0 amide bonds. The van der Waals surface area contributed by atoms with Gasteiger partial charge in [0.25, 0.3) is 5.69 Å². The minimum atomic E-state index is -3.83. The summed E-state index contributed by atoms with van der Waals surface area (Å²) in [5.41, 5.74) is 0.199. The van der Waals surface area contributed by atoms with Crippen molar-refractivity contribution in [2.24, 2.45) is 0 Å². The van der Waals surface area contributed by atoms with Crippen LogP contribution in [-0.4, -0.2) is 37.8 Å². The quantitative estimate of drug-likeness (QED) is 0.565. The number of ether oxygens (including phenoxy) is 1. The highest BCUT2D eigenvalue weighted by Crippen LogP contribution is 2.24. The van der Waals surface area contributed by atoms with Gasteiger partial charge in [-0.25, -0.2) is 8.42 Å². The second-order valence-corrected chi connectivity index (χ2v) is 7.21. The van der Waals surface area contributed by atoms with E-state index in [0.717, 1.165) is 10.4 Å². The minimum Gasteiger partial charge on any atom is -0.492 e. The summed E-state index contributed by atoms with van der Waals surface area (Å²) in [5, 5.41) is 10.9. The molecule has 0 aliphatic rings. The van der Waals surface area contributed by atoms with E-state index in [0.29, 0.717) is 11.3 Å². The Morgan fingerprint density at radius 2 is 1.83 bits per heavy atom. The van der Waals surface area contributed by atoms with E-state index in [-0.39, 0.29) is 23.7 Å². The van der Waals surface area contributed by atoms with Crippen molar-refractivity contribution in [2.75, 3.05) is 20.2 Å². The standard InChI is InChI=1S/C16H18N2O5S/c1-13-8-9-14(18(19)20)12-16(13)24(21,22)17(2)10-11-23-15-6-4-3-5-7-15/h3-9,12H,10-11H2,1-2H3. The number of sulfonamides is 1. The fourth-order valence-corrected chi connectivity index (χ4v) is 3.47. The summed E-state index contributed by atoms with van der Waals surface area (Å²) in [4.78, 5) is 10.2. The van der Waals surface area contributed by atoms with Crippen LogP contribution in [-0.2, 0) is 10.0 Å². The van der Waals surface area contributed by atoms with E-state index in [1.807, 2.05) is 18.2 Å². The molecule has 0 aromatic heterocycles. The summed E-state index contributed by atoms with van der Waals surface area (Å²) < 4.78 is 31.8. The van der Waals surface area contributed by atoms with Gasteiger partial charge in [-0.05, 0) is 24.6 Å². The molecule has 0 unspecified atom stereocenters. The van der Waals surface area contributed by atoms with Crippen molar-refractivity contribution in [1.82, 2.24) is 4.31 Å². The predicted molar refractivity (Wildman–Crippen MR) is 89.6 cm³/mol. The monoisotopic (exact) mass is 350 g/mol. The van der Waals surface area contributed by atoms with E-state index in [1.165, 1.54) is 19.2 Å². The van der Waals surface area contributed by atoms with E-state index >= 15 is 0 Å². The largest absolute Gasteiger partial charge is 0.492 e. The van der Waals surface area contributed by atoms with Crippen molar-refractivity contribution in [2.45, 2.75) is 11.8 Å². The Hall–Kier alpha value is -2.45. The number of nitro benzene ring substituents is 1. The fourth-order valence-electron chi connectivity index (χ4n) is 2.08. The topological polar surface area (TPSA) is 89.8 Å². The highest BCUT2D eigenvalue weighted by atomic mass is 32.2. The molecule has 7 nitrogen and oxygen atoms in total. The number of hydrogen-bond acceptors (Lipinski definition) is 5. The summed E-state index contributed by atoms with van der Waals surface area (Å²) in [6.07, 6.45) is 0. The van der Waals surface area contributed by atoms with Crippen LogP contribution in [0.5, 0.6) is 5.75 Å². The zero-order valence-corrected chi connectivity index (χ0v) is 14.2. The Kier molecular flexibility index (Phi) is 5.53. The van der Waals surface area contributed by atoms with Crippen LogP contribution in [0.3, 0.4) is 0 Å². The smallest absolute Gasteiger partial charge is 0.270 e. The molecule has 0 N–H and O–H groups in total. The van der Waals surface area contributed by atoms with Crippen LogP contribution in [0.15, 0.2) is 53.4 Å². The molecule has 8 heteroatoms. The molecule has 2 aromatic rings. The molecular formula is C16H18N2O5S. The zero-order chi connectivity index (χ0) is 17.7. The van der Waals surface area contributed by atoms with Gasteiger partial charge in [-0.15, -0.1) is 0 Å². The normalized spacial score (nSPS) is 11.5. The van der Waals surface area contributed by atoms with Crippen molar-refractivity contribution in [1.29, 1.82) is 0 Å². The van der Waals surface area contributed by atoms with Gasteiger partial charge in [0.1, 0.15) is 12.4 Å². The van der Waals surface area contributed by atoms with Gasteiger partial charge in [-0.2, -0.15) is 4.31 Å². The maximum atomic E-state index is 12.6. The van der Waals surface area contributed by atoms with E-state index in [4.69, 9.17) is 4.74 Å². The summed E-state index contributed by atoms with van der Waals surface area (Å²) in [5.74, 6) is 0.648. The van der Waals surface area contributed by atoms with Gasteiger partial charge in [0.15, 0.2) is 0 Å². The molecule has 0 fully saturated rings. The SMILES string of the molecule is Cc1ccc([N+](=O)[O-])cc1S(=O)(=O)N(C)CCOc1ccccc1. The molecule has 0 bridgehead atoms. The zero-order valence-electron chi connectivity index (χ0n) is 13.4. The molecule has 0 aliphatic heterocycles. The van der Waals surface area contributed by atoms with Crippen molar-refractivity contribution in [3.8, 4) is 5.75 Å². The molecule has 0 radical (unpaired) electrons. The van der Waals surface area contributed by atoms with Crippen LogP contribution in [0.1, 0.15) is 5.56 Å². The van der Waals surface area contributed by atoms with E-state index in [9.17, 15) is 18.5 Å². The summed E-state index contributed by atoms with van der Waals surface area (Å²) in [7, 11) is -2.41. The van der Waals surface area contributed by atoms with Crippen LogP contribution < -0.4 is 4.74 Å². The van der Waals surface area contributed by atoms with Crippen LogP contribution in [0, 0.1) is 17.0 Å². The number of benzene rings is 2. The number of nitrogens with zero attached hydrogens (tertiary/aromatic N) is 2. The Bertz CT molecular complexity index is 822. The minimum absolute atomic E-state index is 0.0705. The number of likely N-dealkylation sites (N-methyl/N-ethyl adjacent to an activating group) is 1. The van der Waals surface area contributed by atoms with Gasteiger partial charge in [0.2, 0.25) is 10.0 Å². The first kappa shape index (κ1) is 17.9. The van der Waals surface area contributed by atoms with Crippen LogP contribution in [0.4, 0.5) is 5.69 Å². The van der Waals surface area contributed by atoms with Crippen LogP contribution >= 0.6 is 0 Å².